The van der Waals surface area contributed by atoms with Gasteiger partial charge in [0, 0.05) is 17.7 Å². The van der Waals surface area contributed by atoms with E-state index in [0.29, 0.717) is 12.2 Å². The van der Waals surface area contributed by atoms with E-state index in [1.54, 1.807) is 24.3 Å². The second kappa shape index (κ2) is 14.5. The van der Waals surface area contributed by atoms with Crippen LogP contribution in [0.2, 0.25) is 0 Å². The molecule has 0 radical (unpaired) electrons. The molecule has 0 saturated heterocycles. The summed E-state index contributed by atoms with van der Waals surface area (Å²) in [6, 6.07) is 15.8. The Balaban J connectivity index is 1.43. The van der Waals surface area contributed by atoms with Gasteiger partial charge < -0.3 is 5.32 Å². The summed E-state index contributed by atoms with van der Waals surface area (Å²) >= 11 is 0.939. The van der Waals surface area contributed by atoms with Crippen LogP contribution in [0.4, 0.5) is 0 Å². The zero-order valence-corrected chi connectivity index (χ0v) is 23.2. The molecule has 1 aliphatic rings. The highest BCUT2D eigenvalue weighted by molar-refractivity contribution is 8.04. The summed E-state index contributed by atoms with van der Waals surface area (Å²) in [5, 5.41) is 15.0. The molecule has 0 saturated carbocycles. The van der Waals surface area contributed by atoms with E-state index in [1.165, 1.54) is 49.6 Å². The van der Waals surface area contributed by atoms with Gasteiger partial charge in [-0.1, -0.05) is 107 Å². The monoisotopic (exact) mass is 545 g/mol. The van der Waals surface area contributed by atoms with Crippen LogP contribution in [-0.4, -0.2) is 44.2 Å². The third-order valence-electron chi connectivity index (χ3n) is 6.75. The van der Waals surface area contributed by atoms with Gasteiger partial charge in [0.05, 0.1) is 10.6 Å². The number of allylic oxidation sites excluding steroid dienone is 1. The van der Waals surface area contributed by atoms with Gasteiger partial charge in [-0.15, -0.1) is 5.10 Å². The highest BCUT2D eigenvalue weighted by atomic mass is 32.2. The van der Waals surface area contributed by atoms with Crippen molar-refractivity contribution in [2.75, 3.05) is 6.54 Å². The molecular weight excluding hydrogens is 510 g/mol. The molecule has 0 aliphatic heterocycles. The first-order valence-electron chi connectivity index (χ1n) is 13.8. The molecule has 4 rings (SSSR count). The van der Waals surface area contributed by atoms with Crippen molar-refractivity contribution in [1.29, 1.82) is 0 Å². The number of carbonyl (C=O) groups is 3. The smallest absolute Gasteiger partial charge is 0.256 e. The molecule has 1 N–H and O–H groups in total. The van der Waals surface area contributed by atoms with Gasteiger partial charge in [0.25, 0.3) is 5.91 Å². The van der Waals surface area contributed by atoms with Crippen molar-refractivity contribution in [3.8, 4) is 5.69 Å². The normalized spacial score (nSPS) is 13.1. The lowest BCUT2D eigenvalue weighted by Crippen LogP contribution is -2.34. The number of fused-ring (bicyclic) bond motifs is 1. The van der Waals surface area contributed by atoms with E-state index in [4.69, 9.17) is 0 Å². The van der Waals surface area contributed by atoms with E-state index >= 15 is 0 Å². The predicted octanol–water partition coefficient (Wildman–Crippen LogP) is 6.12. The van der Waals surface area contributed by atoms with Crippen LogP contribution in [0.1, 0.15) is 91.8 Å². The molecule has 1 amide bonds. The molecule has 9 heteroatoms. The van der Waals surface area contributed by atoms with Crippen LogP contribution in [0.5, 0.6) is 0 Å². The van der Waals surface area contributed by atoms with Gasteiger partial charge >= 0.3 is 0 Å². The predicted molar refractivity (Wildman–Crippen MR) is 152 cm³/mol. The second-order valence-corrected chi connectivity index (χ2v) is 10.6. The Kier molecular flexibility index (Phi) is 10.6. The van der Waals surface area contributed by atoms with Crippen molar-refractivity contribution in [3.63, 3.8) is 0 Å². The number of carbonyl (C=O) groups excluding carboxylic acids is 3. The zero-order chi connectivity index (χ0) is 27.5. The second-order valence-electron chi connectivity index (χ2n) is 9.66. The fourth-order valence-electron chi connectivity index (χ4n) is 4.62. The summed E-state index contributed by atoms with van der Waals surface area (Å²) in [4.78, 5) is 40.3. The van der Waals surface area contributed by atoms with Crippen molar-refractivity contribution in [3.05, 3.63) is 76.2 Å². The highest BCUT2D eigenvalue weighted by Gasteiger charge is 2.37. The molecule has 3 aromatic rings. The Morgan fingerprint density at radius 3 is 2.05 bits per heavy atom. The van der Waals surface area contributed by atoms with Crippen LogP contribution in [0.25, 0.3) is 5.69 Å². The van der Waals surface area contributed by atoms with Crippen molar-refractivity contribution < 1.29 is 14.4 Å². The number of para-hydroxylation sites is 1. The molecule has 0 atom stereocenters. The average molecular weight is 546 g/mol. The van der Waals surface area contributed by atoms with Gasteiger partial charge in [-0.25, -0.2) is 0 Å². The number of aromatic nitrogens is 4. The molecule has 2 aromatic carbocycles. The summed E-state index contributed by atoms with van der Waals surface area (Å²) < 4.78 is 1.48. The lowest BCUT2D eigenvalue weighted by Gasteiger charge is -2.20. The minimum Gasteiger partial charge on any atom is -0.352 e. The topological polar surface area (TPSA) is 107 Å². The molecule has 0 unspecified atom stereocenters. The highest BCUT2D eigenvalue weighted by Crippen LogP contribution is 2.36. The van der Waals surface area contributed by atoms with Gasteiger partial charge in [-0.05, 0) is 40.7 Å². The fourth-order valence-corrected chi connectivity index (χ4v) is 5.60. The molecule has 8 nitrogen and oxygen atoms in total. The molecule has 1 heterocycles. The minimum atomic E-state index is -0.542. The number of amides is 1. The number of thioether (sulfide) groups is 1. The van der Waals surface area contributed by atoms with Crippen LogP contribution >= 0.6 is 11.8 Å². The first-order chi connectivity index (χ1) is 19.1. The van der Waals surface area contributed by atoms with E-state index in [0.717, 1.165) is 31.0 Å². The lowest BCUT2D eigenvalue weighted by molar-refractivity contribution is -0.117. The summed E-state index contributed by atoms with van der Waals surface area (Å²) in [7, 11) is 0. The Bertz CT molecular complexity index is 1320. The van der Waals surface area contributed by atoms with E-state index in [1.807, 2.05) is 30.3 Å². The molecule has 204 valence electrons. The number of rotatable bonds is 15. The number of nitrogens with one attached hydrogen (secondary N) is 1. The number of nitrogens with zero attached hydrogens (tertiary/aromatic N) is 4. The van der Waals surface area contributed by atoms with Gasteiger partial charge in [0.15, 0.2) is 0 Å². The number of hydrogen-bond donors (Lipinski definition) is 1. The first kappa shape index (κ1) is 28.4. The Hall–Kier alpha value is -3.59. The summed E-state index contributed by atoms with van der Waals surface area (Å²) in [5.74, 6) is -1.39. The Morgan fingerprint density at radius 1 is 0.795 bits per heavy atom. The van der Waals surface area contributed by atoms with Crippen LogP contribution in [0.15, 0.2) is 70.2 Å². The SMILES string of the molecule is CCCCCCCCCCCCNC(=O)C1=C(Sc2nnnn2-c2ccccc2)C(=O)c2ccccc2C1=O. The third kappa shape index (κ3) is 7.29. The van der Waals surface area contributed by atoms with Crippen molar-refractivity contribution in [1.82, 2.24) is 25.5 Å². The van der Waals surface area contributed by atoms with Gasteiger partial charge in [0.2, 0.25) is 16.7 Å². The third-order valence-corrected chi connectivity index (χ3v) is 7.79. The Morgan fingerprint density at radius 2 is 1.38 bits per heavy atom. The number of hydrogen-bond acceptors (Lipinski definition) is 7. The molecule has 39 heavy (non-hydrogen) atoms. The quantitative estimate of drug-likeness (QED) is 0.181. The number of benzene rings is 2. The van der Waals surface area contributed by atoms with Gasteiger partial charge in [-0.3, -0.25) is 14.4 Å². The van der Waals surface area contributed by atoms with Crippen LogP contribution in [-0.2, 0) is 4.79 Å². The number of unbranched alkanes of at least 4 members (excludes halogenated alkanes) is 9. The zero-order valence-electron chi connectivity index (χ0n) is 22.4. The van der Waals surface area contributed by atoms with Crippen molar-refractivity contribution >= 4 is 29.2 Å². The van der Waals surface area contributed by atoms with Crippen molar-refractivity contribution in [2.45, 2.75) is 76.3 Å². The van der Waals surface area contributed by atoms with Gasteiger partial charge in [-0.2, -0.15) is 4.68 Å². The number of Topliss-reactive ketones (excluding diaryl/α,β-unsaturated/α-hetero) is 2. The Labute approximate surface area is 233 Å². The van der Waals surface area contributed by atoms with E-state index in [2.05, 4.69) is 27.8 Å². The van der Waals surface area contributed by atoms with Crippen molar-refractivity contribution in [2.24, 2.45) is 0 Å². The molecule has 0 fully saturated rings. The largest absolute Gasteiger partial charge is 0.352 e. The summed E-state index contributed by atoms with van der Waals surface area (Å²) in [5.41, 5.74) is 1.06. The molecule has 0 spiro atoms. The number of tetrazole rings is 1. The van der Waals surface area contributed by atoms with E-state index in [9.17, 15) is 14.4 Å². The molecule has 0 bridgehead atoms. The fraction of sp³-hybridized carbons (Fsp3) is 0.400. The molecular formula is C30H35N5O3S. The maximum absolute atomic E-state index is 13.5. The van der Waals surface area contributed by atoms with E-state index < -0.39 is 11.7 Å². The summed E-state index contributed by atoms with van der Waals surface area (Å²) in [6.45, 7) is 2.67. The first-order valence-corrected chi connectivity index (χ1v) is 14.7. The standard InChI is InChI=1S/C30H35N5O3S/c1-2-3-4-5-6-7-8-9-10-16-21-31-29(38)25-26(36)23-19-14-15-20-24(23)27(37)28(25)39-30-32-33-34-35(30)22-17-12-11-13-18-22/h11-15,17-20H,2-10,16,21H2,1H3,(H,31,38). The number of ketones is 2. The van der Waals surface area contributed by atoms with Crippen LogP contribution in [0.3, 0.4) is 0 Å². The van der Waals surface area contributed by atoms with E-state index in [-0.39, 0.29) is 32.5 Å². The molecule has 1 aromatic heterocycles. The van der Waals surface area contributed by atoms with Crippen LogP contribution in [0, 0.1) is 0 Å². The maximum Gasteiger partial charge on any atom is 0.256 e. The maximum atomic E-state index is 13.5. The van der Waals surface area contributed by atoms with Gasteiger partial charge in [0.1, 0.15) is 5.57 Å². The average Bonchev–Trinajstić information content (AvgIpc) is 3.43. The summed E-state index contributed by atoms with van der Waals surface area (Å²) in [6.07, 6.45) is 11.9. The minimum absolute atomic E-state index is 0.0336. The molecule has 1 aliphatic carbocycles. The van der Waals surface area contributed by atoms with Crippen LogP contribution < -0.4 is 5.32 Å². The lowest BCUT2D eigenvalue weighted by atomic mass is 9.89.